The molecular weight excluding hydrogens is 288 g/mol. The van der Waals surface area contributed by atoms with Crippen molar-refractivity contribution in [3.63, 3.8) is 0 Å². The Morgan fingerprint density at radius 1 is 1.43 bits per heavy atom. The lowest BCUT2D eigenvalue weighted by molar-refractivity contribution is 0.0928. The van der Waals surface area contributed by atoms with Crippen LogP contribution in [0.5, 0.6) is 0 Å². The van der Waals surface area contributed by atoms with Crippen LogP contribution in [-0.4, -0.2) is 26.5 Å². The second kappa shape index (κ2) is 5.85. The molecule has 110 valence electrons. The van der Waals surface area contributed by atoms with Gasteiger partial charge in [-0.2, -0.15) is 0 Å². The monoisotopic (exact) mass is 304 g/mol. The van der Waals surface area contributed by atoms with E-state index in [1.54, 1.807) is 18.3 Å². The molecule has 1 N–H and O–H groups in total. The van der Waals surface area contributed by atoms with E-state index in [9.17, 15) is 4.79 Å². The molecule has 0 spiro atoms. The van der Waals surface area contributed by atoms with Crippen LogP contribution in [0.2, 0.25) is 5.15 Å². The van der Waals surface area contributed by atoms with Gasteiger partial charge in [0, 0.05) is 29.7 Å². The molecule has 0 saturated heterocycles. The molecule has 2 aromatic heterocycles. The van der Waals surface area contributed by atoms with Crippen LogP contribution >= 0.6 is 11.6 Å². The summed E-state index contributed by atoms with van der Waals surface area (Å²) in [5.41, 5.74) is 1.30. The maximum absolute atomic E-state index is 12.4. The molecule has 6 heteroatoms. The molecule has 0 aliphatic heterocycles. The number of pyridine rings is 1. The molecule has 0 aromatic carbocycles. The Balaban J connectivity index is 1.74. The van der Waals surface area contributed by atoms with Gasteiger partial charge in [0.05, 0.1) is 12.4 Å². The van der Waals surface area contributed by atoms with Crippen LogP contribution in [0.15, 0.2) is 30.9 Å². The van der Waals surface area contributed by atoms with E-state index in [-0.39, 0.29) is 18.0 Å². The molecule has 1 aliphatic rings. The van der Waals surface area contributed by atoms with Crippen molar-refractivity contribution >= 4 is 17.5 Å². The van der Waals surface area contributed by atoms with Gasteiger partial charge in [0.2, 0.25) is 0 Å². The minimum absolute atomic E-state index is 0.0978. The minimum Gasteiger partial charge on any atom is -0.347 e. The Bertz CT molecular complexity index is 621. The van der Waals surface area contributed by atoms with Crippen molar-refractivity contribution in [2.75, 3.05) is 0 Å². The standard InChI is InChI=1S/C15H17ClN4O/c1-10-7-11(8-14(16)18-10)15(21)19-12-3-2-4-13(12)20-6-5-17-9-20/h5-9,12-13H,2-4H2,1H3,(H,19,21). The van der Waals surface area contributed by atoms with Gasteiger partial charge in [-0.25, -0.2) is 9.97 Å². The van der Waals surface area contributed by atoms with E-state index < -0.39 is 0 Å². The molecule has 1 aliphatic carbocycles. The first kappa shape index (κ1) is 14.1. The van der Waals surface area contributed by atoms with Crippen molar-refractivity contribution < 1.29 is 4.79 Å². The van der Waals surface area contributed by atoms with Gasteiger partial charge in [-0.05, 0) is 38.3 Å². The fourth-order valence-electron chi connectivity index (χ4n) is 2.94. The van der Waals surface area contributed by atoms with Crippen LogP contribution in [0.25, 0.3) is 0 Å². The molecule has 2 aromatic rings. The number of aromatic nitrogens is 3. The first-order valence-electron chi connectivity index (χ1n) is 7.06. The number of nitrogens with zero attached hydrogens (tertiary/aromatic N) is 3. The van der Waals surface area contributed by atoms with E-state index >= 15 is 0 Å². The zero-order chi connectivity index (χ0) is 14.8. The summed E-state index contributed by atoms with van der Waals surface area (Å²) >= 11 is 5.92. The number of carbonyl (C=O) groups is 1. The molecule has 3 rings (SSSR count). The molecular formula is C15H17ClN4O. The zero-order valence-corrected chi connectivity index (χ0v) is 12.5. The third-order valence-corrected chi connectivity index (χ3v) is 4.08. The fourth-order valence-corrected chi connectivity index (χ4v) is 3.19. The number of hydrogen-bond donors (Lipinski definition) is 1. The molecule has 2 heterocycles. The predicted octanol–water partition coefficient (Wildman–Crippen LogP) is 2.76. The van der Waals surface area contributed by atoms with Crippen molar-refractivity contribution in [3.05, 3.63) is 47.3 Å². The number of imidazole rings is 1. The summed E-state index contributed by atoms with van der Waals surface area (Å²) in [6.45, 7) is 1.83. The third-order valence-electron chi connectivity index (χ3n) is 3.89. The second-order valence-electron chi connectivity index (χ2n) is 5.41. The number of amides is 1. The summed E-state index contributed by atoms with van der Waals surface area (Å²) in [6.07, 6.45) is 8.65. The molecule has 5 nitrogen and oxygen atoms in total. The van der Waals surface area contributed by atoms with Crippen molar-refractivity contribution in [1.82, 2.24) is 19.9 Å². The lowest BCUT2D eigenvalue weighted by Crippen LogP contribution is -2.38. The minimum atomic E-state index is -0.0978. The lowest BCUT2D eigenvalue weighted by Gasteiger charge is -2.22. The molecule has 0 bridgehead atoms. The number of halogens is 1. The van der Waals surface area contributed by atoms with Crippen LogP contribution in [0.1, 0.15) is 41.4 Å². The molecule has 2 unspecified atom stereocenters. The van der Waals surface area contributed by atoms with E-state index in [1.807, 2.05) is 19.4 Å². The van der Waals surface area contributed by atoms with Crippen molar-refractivity contribution in [2.24, 2.45) is 0 Å². The normalized spacial score (nSPS) is 21.4. The first-order valence-corrected chi connectivity index (χ1v) is 7.44. The summed E-state index contributed by atoms with van der Waals surface area (Å²) < 4.78 is 2.07. The topological polar surface area (TPSA) is 59.8 Å². The van der Waals surface area contributed by atoms with Crippen molar-refractivity contribution in [2.45, 2.75) is 38.3 Å². The van der Waals surface area contributed by atoms with Gasteiger partial charge >= 0.3 is 0 Å². The van der Waals surface area contributed by atoms with Crippen LogP contribution in [0.3, 0.4) is 0 Å². The molecule has 2 atom stereocenters. The highest BCUT2D eigenvalue weighted by Gasteiger charge is 2.29. The van der Waals surface area contributed by atoms with E-state index in [2.05, 4.69) is 19.9 Å². The summed E-state index contributed by atoms with van der Waals surface area (Å²) in [4.78, 5) is 20.6. The number of carbonyl (C=O) groups excluding carboxylic acids is 1. The summed E-state index contributed by atoms with van der Waals surface area (Å²) in [5, 5.41) is 3.46. The van der Waals surface area contributed by atoms with Gasteiger partial charge in [0.15, 0.2) is 0 Å². The number of rotatable bonds is 3. The molecule has 1 saturated carbocycles. The smallest absolute Gasteiger partial charge is 0.251 e. The summed E-state index contributed by atoms with van der Waals surface area (Å²) in [6, 6.07) is 3.75. The average Bonchev–Trinajstić information content (AvgIpc) is 3.07. The van der Waals surface area contributed by atoms with Gasteiger partial charge < -0.3 is 9.88 Å². The van der Waals surface area contributed by atoms with E-state index in [0.29, 0.717) is 10.7 Å². The SMILES string of the molecule is Cc1cc(C(=O)NC2CCCC2n2ccnc2)cc(Cl)n1. The van der Waals surface area contributed by atoms with E-state index in [4.69, 9.17) is 11.6 Å². The van der Waals surface area contributed by atoms with Crippen molar-refractivity contribution in [3.8, 4) is 0 Å². The summed E-state index contributed by atoms with van der Waals surface area (Å²) in [7, 11) is 0. The van der Waals surface area contributed by atoms with Crippen LogP contribution in [0.4, 0.5) is 0 Å². The Kier molecular flexibility index (Phi) is 3.92. The Labute approximate surface area is 128 Å². The highest BCUT2D eigenvalue weighted by Crippen LogP contribution is 2.30. The number of hydrogen-bond acceptors (Lipinski definition) is 3. The molecule has 0 radical (unpaired) electrons. The van der Waals surface area contributed by atoms with Crippen LogP contribution in [0, 0.1) is 6.92 Å². The lowest BCUT2D eigenvalue weighted by atomic mass is 10.1. The largest absolute Gasteiger partial charge is 0.347 e. The van der Waals surface area contributed by atoms with Gasteiger partial charge in [-0.1, -0.05) is 11.6 Å². The molecule has 21 heavy (non-hydrogen) atoms. The van der Waals surface area contributed by atoms with Gasteiger partial charge in [0.1, 0.15) is 5.15 Å². The molecule has 1 fully saturated rings. The fraction of sp³-hybridized carbons (Fsp3) is 0.400. The summed E-state index contributed by atoms with van der Waals surface area (Å²) in [5.74, 6) is -0.0978. The third kappa shape index (κ3) is 3.08. The maximum Gasteiger partial charge on any atom is 0.251 e. The maximum atomic E-state index is 12.4. The Morgan fingerprint density at radius 3 is 3.00 bits per heavy atom. The highest BCUT2D eigenvalue weighted by molar-refractivity contribution is 6.29. The second-order valence-corrected chi connectivity index (χ2v) is 5.80. The van der Waals surface area contributed by atoms with E-state index in [1.165, 1.54) is 0 Å². The van der Waals surface area contributed by atoms with E-state index in [0.717, 1.165) is 25.0 Å². The Hall–Kier alpha value is -1.88. The quantitative estimate of drug-likeness (QED) is 0.887. The molecule has 1 amide bonds. The van der Waals surface area contributed by atoms with Crippen LogP contribution < -0.4 is 5.32 Å². The van der Waals surface area contributed by atoms with Gasteiger partial charge in [0.25, 0.3) is 5.91 Å². The van der Waals surface area contributed by atoms with Crippen molar-refractivity contribution in [1.29, 1.82) is 0 Å². The number of nitrogens with one attached hydrogen (secondary N) is 1. The number of aryl methyl sites for hydroxylation is 1. The predicted molar refractivity (Wildman–Crippen MR) is 80.4 cm³/mol. The van der Waals surface area contributed by atoms with Gasteiger partial charge in [-0.3, -0.25) is 4.79 Å². The first-order chi connectivity index (χ1) is 10.1. The van der Waals surface area contributed by atoms with Crippen LogP contribution in [-0.2, 0) is 0 Å². The van der Waals surface area contributed by atoms with Gasteiger partial charge in [-0.15, -0.1) is 0 Å². The highest BCUT2D eigenvalue weighted by atomic mass is 35.5. The zero-order valence-electron chi connectivity index (χ0n) is 11.8. The Morgan fingerprint density at radius 2 is 2.29 bits per heavy atom. The average molecular weight is 305 g/mol.